The van der Waals surface area contributed by atoms with E-state index in [-0.39, 0.29) is 17.9 Å². The van der Waals surface area contributed by atoms with Gasteiger partial charge in [-0.15, -0.1) is 0 Å². The van der Waals surface area contributed by atoms with Gasteiger partial charge in [0.25, 0.3) is 11.8 Å². The van der Waals surface area contributed by atoms with Gasteiger partial charge >= 0.3 is 0 Å². The number of benzene rings is 1. The second kappa shape index (κ2) is 5.34. The third kappa shape index (κ3) is 3.21. The van der Waals surface area contributed by atoms with Gasteiger partial charge in [0, 0.05) is 24.3 Å². The van der Waals surface area contributed by atoms with Gasteiger partial charge in [-0.25, -0.2) is 0 Å². The first kappa shape index (κ1) is 13.0. The average molecular weight is 235 g/mol. The number of nitrogens with two attached hydrogens (primary N) is 1. The Kier molecular flexibility index (Phi) is 4.09. The zero-order chi connectivity index (χ0) is 13.0. The summed E-state index contributed by atoms with van der Waals surface area (Å²) in [6.07, 6.45) is 0. The van der Waals surface area contributed by atoms with Crippen molar-refractivity contribution in [2.45, 2.75) is 19.9 Å². The van der Waals surface area contributed by atoms with E-state index in [1.54, 1.807) is 12.1 Å². The molecule has 0 saturated heterocycles. The summed E-state index contributed by atoms with van der Waals surface area (Å²) >= 11 is 0. The number of carbonyl (C=O) groups is 2. The zero-order valence-electron chi connectivity index (χ0n) is 10.2. The molecule has 0 fully saturated rings. The molecule has 0 bridgehead atoms. The van der Waals surface area contributed by atoms with Crippen molar-refractivity contribution in [3.63, 3.8) is 0 Å². The Bertz CT molecular complexity index is 441. The SMILES string of the molecule is CNC(=O)c1ccc(N)c(C(=O)NC(C)C)c1. The Labute approximate surface area is 100 Å². The Morgan fingerprint density at radius 3 is 2.41 bits per heavy atom. The molecule has 0 atom stereocenters. The van der Waals surface area contributed by atoms with Crippen molar-refractivity contribution in [2.75, 3.05) is 12.8 Å². The highest BCUT2D eigenvalue weighted by Gasteiger charge is 2.13. The van der Waals surface area contributed by atoms with Gasteiger partial charge in [0.2, 0.25) is 0 Å². The number of nitrogen functional groups attached to an aromatic ring is 1. The predicted molar refractivity (Wildman–Crippen MR) is 66.8 cm³/mol. The third-order valence-corrected chi connectivity index (χ3v) is 2.21. The van der Waals surface area contributed by atoms with Crippen LogP contribution in [-0.2, 0) is 0 Å². The van der Waals surface area contributed by atoms with Crippen LogP contribution in [0.5, 0.6) is 0 Å². The maximum Gasteiger partial charge on any atom is 0.253 e. The lowest BCUT2D eigenvalue weighted by Crippen LogP contribution is -2.31. The number of amides is 2. The summed E-state index contributed by atoms with van der Waals surface area (Å²) in [6, 6.07) is 4.65. The number of hydrogen-bond acceptors (Lipinski definition) is 3. The molecule has 2 amide bonds. The number of rotatable bonds is 3. The molecule has 0 aliphatic carbocycles. The molecule has 0 heterocycles. The summed E-state index contributed by atoms with van der Waals surface area (Å²) in [6.45, 7) is 3.72. The third-order valence-electron chi connectivity index (χ3n) is 2.21. The van der Waals surface area contributed by atoms with Gasteiger partial charge in [-0.3, -0.25) is 9.59 Å². The molecule has 0 aliphatic rings. The molecule has 1 aromatic carbocycles. The maximum absolute atomic E-state index is 11.8. The Balaban J connectivity index is 3.06. The van der Waals surface area contributed by atoms with Crippen LogP contribution >= 0.6 is 0 Å². The van der Waals surface area contributed by atoms with Crippen molar-refractivity contribution < 1.29 is 9.59 Å². The number of hydrogen-bond donors (Lipinski definition) is 3. The van der Waals surface area contributed by atoms with Crippen LogP contribution < -0.4 is 16.4 Å². The van der Waals surface area contributed by atoms with Crippen LogP contribution in [0.2, 0.25) is 0 Å². The Morgan fingerprint density at radius 2 is 1.88 bits per heavy atom. The molecule has 0 saturated carbocycles. The highest BCUT2D eigenvalue weighted by molar-refractivity contribution is 6.03. The minimum atomic E-state index is -0.275. The van der Waals surface area contributed by atoms with Gasteiger partial charge in [-0.05, 0) is 32.0 Å². The van der Waals surface area contributed by atoms with E-state index in [0.717, 1.165) is 0 Å². The molecular weight excluding hydrogens is 218 g/mol. The van der Waals surface area contributed by atoms with Crippen molar-refractivity contribution in [3.8, 4) is 0 Å². The first-order valence-corrected chi connectivity index (χ1v) is 5.38. The van der Waals surface area contributed by atoms with Crippen LogP contribution in [0, 0.1) is 0 Å². The summed E-state index contributed by atoms with van der Waals surface area (Å²) in [7, 11) is 1.53. The molecule has 0 radical (unpaired) electrons. The smallest absolute Gasteiger partial charge is 0.253 e. The number of anilines is 1. The molecular formula is C12H17N3O2. The fourth-order valence-corrected chi connectivity index (χ4v) is 1.38. The molecule has 1 rings (SSSR count). The standard InChI is InChI=1S/C12H17N3O2/c1-7(2)15-12(17)9-6-8(11(16)14-3)4-5-10(9)13/h4-7H,13H2,1-3H3,(H,14,16)(H,15,17). The predicted octanol–water partition coefficient (Wildman–Crippen LogP) is 0.767. The van der Waals surface area contributed by atoms with E-state index in [9.17, 15) is 9.59 Å². The monoisotopic (exact) mass is 235 g/mol. The van der Waals surface area contributed by atoms with Crippen molar-refractivity contribution in [1.29, 1.82) is 0 Å². The molecule has 1 aromatic rings. The van der Waals surface area contributed by atoms with E-state index in [4.69, 9.17) is 5.73 Å². The van der Waals surface area contributed by atoms with Crippen molar-refractivity contribution >= 4 is 17.5 Å². The van der Waals surface area contributed by atoms with E-state index in [2.05, 4.69) is 10.6 Å². The minimum Gasteiger partial charge on any atom is -0.398 e. The second-order valence-electron chi connectivity index (χ2n) is 4.01. The van der Waals surface area contributed by atoms with Gasteiger partial charge in [-0.1, -0.05) is 0 Å². The fourth-order valence-electron chi connectivity index (χ4n) is 1.38. The minimum absolute atomic E-state index is 0.0190. The largest absolute Gasteiger partial charge is 0.398 e. The van der Waals surface area contributed by atoms with Gasteiger partial charge in [0.15, 0.2) is 0 Å². The Morgan fingerprint density at radius 1 is 1.24 bits per heavy atom. The molecule has 17 heavy (non-hydrogen) atoms. The lowest BCUT2D eigenvalue weighted by molar-refractivity contribution is 0.0944. The van der Waals surface area contributed by atoms with Gasteiger partial charge < -0.3 is 16.4 Å². The summed E-state index contributed by atoms with van der Waals surface area (Å²) in [5.74, 6) is -0.521. The Hall–Kier alpha value is -2.04. The quantitative estimate of drug-likeness (QED) is 0.676. The lowest BCUT2D eigenvalue weighted by atomic mass is 10.1. The number of nitrogens with one attached hydrogen (secondary N) is 2. The maximum atomic E-state index is 11.8. The molecule has 0 aromatic heterocycles. The van der Waals surface area contributed by atoms with E-state index in [0.29, 0.717) is 16.8 Å². The van der Waals surface area contributed by atoms with Crippen LogP contribution in [0.1, 0.15) is 34.6 Å². The van der Waals surface area contributed by atoms with E-state index >= 15 is 0 Å². The molecule has 0 aliphatic heterocycles. The molecule has 4 N–H and O–H groups in total. The second-order valence-corrected chi connectivity index (χ2v) is 4.01. The average Bonchev–Trinajstić information content (AvgIpc) is 2.27. The molecule has 0 spiro atoms. The molecule has 92 valence electrons. The van der Waals surface area contributed by atoms with E-state index in [1.807, 2.05) is 13.8 Å². The van der Waals surface area contributed by atoms with Crippen LogP contribution in [-0.4, -0.2) is 24.9 Å². The highest BCUT2D eigenvalue weighted by Crippen LogP contribution is 2.14. The molecule has 0 unspecified atom stereocenters. The lowest BCUT2D eigenvalue weighted by Gasteiger charge is -2.11. The first-order chi connectivity index (χ1) is 7.95. The fraction of sp³-hybridized carbons (Fsp3) is 0.333. The van der Waals surface area contributed by atoms with Crippen LogP contribution in [0.4, 0.5) is 5.69 Å². The highest BCUT2D eigenvalue weighted by atomic mass is 16.2. The summed E-state index contributed by atoms with van der Waals surface area (Å²) in [4.78, 5) is 23.3. The van der Waals surface area contributed by atoms with Crippen LogP contribution in [0.25, 0.3) is 0 Å². The first-order valence-electron chi connectivity index (χ1n) is 5.38. The van der Waals surface area contributed by atoms with Gasteiger partial charge in [0.05, 0.1) is 5.56 Å². The van der Waals surface area contributed by atoms with Crippen molar-refractivity contribution in [1.82, 2.24) is 10.6 Å². The number of carbonyl (C=O) groups excluding carboxylic acids is 2. The summed E-state index contributed by atoms with van der Waals surface area (Å²) in [5.41, 5.74) is 6.80. The van der Waals surface area contributed by atoms with Crippen LogP contribution in [0.15, 0.2) is 18.2 Å². The summed E-state index contributed by atoms with van der Waals surface area (Å²) < 4.78 is 0. The van der Waals surface area contributed by atoms with Gasteiger partial charge in [0.1, 0.15) is 0 Å². The normalized spacial score (nSPS) is 10.1. The van der Waals surface area contributed by atoms with Gasteiger partial charge in [-0.2, -0.15) is 0 Å². The summed E-state index contributed by atoms with van der Waals surface area (Å²) in [5, 5.41) is 5.23. The zero-order valence-corrected chi connectivity index (χ0v) is 10.2. The molecule has 5 nitrogen and oxygen atoms in total. The van der Waals surface area contributed by atoms with Crippen molar-refractivity contribution in [3.05, 3.63) is 29.3 Å². The van der Waals surface area contributed by atoms with E-state index in [1.165, 1.54) is 13.1 Å². The molecule has 5 heteroatoms. The van der Waals surface area contributed by atoms with Crippen LogP contribution in [0.3, 0.4) is 0 Å². The topological polar surface area (TPSA) is 84.2 Å². The van der Waals surface area contributed by atoms with E-state index < -0.39 is 0 Å². The van der Waals surface area contributed by atoms with Crippen molar-refractivity contribution in [2.24, 2.45) is 0 Å².